The predicted octanol–water partition coefficient (Wildman–Crippen LogP) is 4.17. The van der Waals surface area contributed by atoms with Crippen molar-refractivity contribution in [3.63, 3.8) is 0 Å². The van der Waals surface area contributed by atoms with E-state index in [-0.39, 0.29) is 6.03 Å². The molecule has 6 nitrogen and oxygen atoms in total. The van der Waals surface area contributed by atoms with E-state index >= 15 is 0 Å². The van der Waals surface area contributed by atoms with E-state index in [1.54, 1.807) is 25.3 Å². The summed E-state index contributed by atoms with van der Waals surface area (Å²) in [6.45, 7) is 0.358. The number of carbonyl (C=O) groups is 1. The molecule has 0 bridgehead atoms. The number of aliphatic hydroxyl groups excluding tert-OH is 1. The number of hydrogen-bond donors (Lipinski definition) is 3. The van der Waals surface area contributed by atoms with Crippen LogP contribution in [0.25, 0.3) is 0 Å². The fraction of sp³-hybridized carbons (Fsp3) is 0.190. The van der Waals surface area contributed by atoms with E-state index in [4.69, 9.17) is 9.47 Å². The molecule has 2 aromatic carbocycles. The van der Waals surface area contributed by atoms with Gasteiger partial charge in [0.15, 0.2) is 0 Å². The number of anilines is 1. The zero-order valence-electron chi connectivity index (χ0n) is 15.6. The first-order valence-corrected chi connectivity index (χ1v) is 9.51. The number of rotatable bonds is 7. The van der Waals surface area contributed by atoms with Gasteiger partial charge in [-0.25, -0.2) is 4.79 Å². The lowest BCUT2D eigenvalue weighted by Gasteiger charge is -2.12. The summed E-state index contributed by atoms with van der Waals surface area (Å²) in [6.07, 6.45) is -0.669. The third-order valence-electron chi connectivity index (χ3n) is 4.15. The Morgan fingerprint density at radius 1 is 1.07 bits per heavy atom. The first-order chi connectivity index (χ1) is 13.6. The van der Waals surface area contributed by atoms with Crippen molar-refractivity contribution in [2.75, 3.05) is 19.5 Å². The summed E-state index contributed by atoms with van der Waals surface area (Å²) in [6, 6.07) is 18.1. The van der Waals surface area contributed by atoms with Gasteiger partial charge in [0.05, 0.1) is 26.5 Å². The minimum atomic E-state index is -0.669. The Morgan fingerprint density at radius 3 is 2.57 bits per heavy atom. The van der Waals surface area contributed by atoms with Crippen LogP contribution in [0.2, 0.25) is 0 Å². The molecule has 0 spiro atoms. The van der Waals surface area contributed by atoms with Crippen molar-refractivity contribution in [3.8, 4) is 11.5 Å². The maximum Gasteiger partial charge on any atom is 0.319 e. The second-order valence-electron chi connectivity index (χ2n) is 5.99. The third kappa shape index (κ3) is 4.82. The van der Waals surface area contributed by atoms with Crippen LogP contribution in [0.5, 0.6) is 11.5 Å². The Kier molecular flexibility index (Phi) is 6.52. The summed E-state index contributed by atoms with van der Waals surface area (Å²) >= 11 is 1.46. The number of aliphatic hydroxyl groups is 1. The molecule has 3 rings (SSSR count). The Morgan fingerprint density at radius 2 is 1.86 bits per heavy atom. The number of urea groups is 1. The fourth-order valence-corrected chi connectivity index (χ4v) is 3.64. The van der Waals surface area contributed by atoms with Gasteiger partial charge in [0.2, 0.25) is 0 Å². The zero-order chi connectivity index (χ0) is 19.9. The molecule has 1 heterocycles. The third-order valence-corrected chi connectivity index (χ3v) is 5.28. The topological polar surface area (TPSA) is 79.8 Å². The van der Waals surface area contributed by atoms with Gasteiger partial charge < -0.3 is 25.2 Å². The van der Waals surface area contributed by atoms with Gasteiger partial charge in [-0.15, -0.1) is 11.3 Å². The Balaban J connectivity index is 1.58. The van der Waals surface area contributed by atoms with Gasteiger partial charge in [-0.3, -0.25) is 0 Å². The summed E-state index contributed by atoms with van der Waals surface area (Å²) in [7, 11) is 3.10. The summed E-state index contributed by atoms with van der Waals surface area (Å²) < 4.78 is 10.4. The molecule has 0 saturated heterocycles. The number of methoxy groups -OCH3 is 2. The number of ether oxygens (including phenoxy) is 2. The van der Waals surface area contributed by atoms with Crippen molar-refractivity contribution in [3.05, 3.63) is 76.0 Å². The zero-order valence-corrected chi connectivity index (χ0v) is 16.5. The minimum absolute atomic E-state index is 0.345. The van der Waals surface area contributed by atoms with Crippen molar-refractivity contribution < 1.29 is 19.4 Å². The smallest absolute Gasteiger partial charge is 0.319 e. The maximum absolute atomic E-state index is 12.2. The van der Waals surface area contributed by atoms with Crippen LogP contribution in [-0.4, -0.2) is 25.4 Å². The van der Waals surface area contributed by atoms with Gasteiger partial charge in [0, 0.05) is 15.8 Å². The molecule has 2 amide bonds. The lowest BCUT2D eigenvalue weighted by atomic mass is 10.1. The standard InChI is InChI=1S/C21H22N2O4S/c1-26-15-8-10-17(18(12-15)27-2)23-21(25)22-13-16-9-11-19(28-16)20(24)14-6-4-3-5-7-14/h3-12,20,24H,13H2,1-2H3,(H2,22,23,25). The molecule has 1 unspecified atom stereocenters. The van der Waals surface area contributed by atoms with Crippen molar-refractivity contribution >= 4 is 23.1 Å². The molecule has 0 aliphatic heterocycles. The molecule has 1 aromatic heterocycles. The second kappa shape index (κ2) is 9.25. The average Bonchev–Trinajstić information content (AvgIpc) is 3.21. The van der Waals surface area contributed by atoms with Crippen LogP contribution in [0, 0.1) is 0 Å². The van der Waals surface area contributed by atoms with E-state index in [0.717, 1.165) is 15.3 Å². The summed E-state index contributed by atoms with van der Waals surface area (Å²) in [5.41, 5.74) is 1.39. The quantitative estimate of drug-likeness (QED) is 0.558. The van der Waals surface area contributed by atoms with Crippen LogP contribution in [0.15, 0.2) is 60.7 Å². The summed E-state index contributed by atoms with van der Waals surface area (Å²) in [5.74, 6) is 1.16. The number of hydrogen-bond acceptors (Lipinski definition) is 5. The number of amides is 2. The Hall–Kier alpha value is -3.03. The van der Waals surface area contributed by atoms with Crippen LogP contribution in [0.1, 0.15) is 21.4 Å². The van der Waals surface area contributed by atoms with E-state index < -0.39 is 6.10 Å². The molecular formula is C21H22N2O4S. The lowest BCUT2D eigenvalue weighted by Crippen LogP contribution is -2.28. The van der Waals surface area contributed by atoms with Gasteiger partial charge in [-0.05, 0) is 29.8 Å². The first kappa shape index (κ1) is 19.7. The molecule has 7 heteroatoms. The van der Waals surface area contributed by atoms with Crippen molar-refractivity contribution in [1.29, 1.82) is 0 Å². The lowest BCUT2D eigenvalue weighted by molar-refractivity contribution is 0.224. The predicted molar refractivity (Wildman–Crippen MR) is 110 cm³/mol. The molecule has 0 aliphatic rings. The first-order valence-electron chi connectivity index (χ1n) is 8.69. The molecular weight excluding hydrogens is 376 g/mol. The van der Waals surface area contributed by atoms with E-state index in [2.05, 4.69) is 10.6 Å². The van der Waals surface area contributed by atoms with E-state index in [1.165, 1.54) is 18.4 Å². The highest BCUT2D eigenvalue weighted by Crippen LogP contribution is 2.30. The maximum atomic E-state index is 12.2. The molecule has 0 radical (unpaired) electrons. The van der Waals surface area contributed by atoms with E-state index in [1.807, 2.05) is 42.5 Å². The summed E-state index contributed by atoms with van der Waals surface area (Å²) in [4.78, 5) is 14.0. The van der Waals surface area contributed by atoms with Gasteiger partial charge in [0.1, 0.15) is 17.6 Å². The molecule has 0 saturated carbocycles. The average molecular weight is 398 g/mol. The van der Waals surface area contributed by atoms with Crippen LogP contribution in [0.3, 0.4) is 0 Å². The van der Waals surface area contributed by atoms with Crippen LogP contribution in [-0.2, 0) is 6.54 Å². The highest BCUT2D eigenvalue weighted by Gasteiger charge is 2.13. The van der Waals surface area contributed by atoms with Crippen LogP contribution >= 0.6 is 11.3 Å². The highest BCUT2D eigenvalue weighted by atomic mass is 32.1. The second-order valence-corrected chi connectivity index (χ2v) is 7.19. The van der Waals surface area contributed by atoms with Gasteiger partial charge >= 0.3 is 6.03 Å². The molecule has 0 aliphatic carbocycles. The molecule has 28 heavy (non-hydrogen) atoms. The van der Waals surface area contributed by atoms with Crippen molar-refractivity contribution in [1.82, 2.24) is 5.32 Å². The Labute approximate surface area is 167 Å². The number of carbonyl (C=O) groups excluding carboxylic acids is 1. The molecule has 3 aromatic rings. The molecule has 1 atom stereocenters. The number of benzene rings is 2. The molecule has 146 valence electrons. The van der Waals surface area contributed by atoms with Crippen molar-refractivity contribution in [2.45, 2.75) is 12.6 Å². The largest absolute Gasteiger partial charge is 0.497 e. The van der Waals surface area contributed by atoms with E-state index in [0.29, 0.717) is 23.7 Å². The minimum Gasteiger partial charge on any atom is -0.497 e. The van der Waals surface area contributed by atoms with Crippen LogP contribution < -0.4 is 20.1 Å². The van der Waals surface area contributed by atoms with Crippen LogP contribution in [0.4, 0.5) is 10.5 Å². The summed E-state index contributed by atoms with van der Waals surface area (Å²) in [5, 5.41) is 16.0. The monoisotopic (exact) mass is 398 g/mol. The van der Waals surface area contributed by atoms with Gasteiger partial charge in [0.25, 0.3) is 0 Å². The highest BCUT2D eigenvalue weighted by molar-refractivity contribution is 7.12. The fourth-order valence-electron chi connectivity index (χ4n) is 2.67. The Bertz CT molecular complexity index is 927. The number of nitrogens with one attached hydrogen (secondary N) is 2. The van der Waals surface area contributed by atoms with E-state index in [9.17, 15) is 9.90 Å². The van der Waals surface area contributed by atoms with Gasteiger partial charge in [-0.2, -0.15) is 0 Å². The molecule has 0 fully saturated rings. The normalized spacial score (nSPS) is 11.5. The van der Waals surface area contributed by atoms with Crippen molar-refractivity contribution in [2.24, 2.45) is 0 Å². The SMILES string of the molecule is COc1ccc(NC(=O)NCc2ccc(C(O)c3ccccc3)s2)c(OC)c1. The van der Waals surface area contributed by atoms with Gasteiger partial charge in [-0.1, -0.05) is 30.3 Å². The molecule has 3 N–H and O–H groups in total. The number of thiophene rings is 1.